The van der Waals surface area contributed by atoms with E-state index in [-0.39, 0.29) is 5.91 Å². The molecule has 1 fully saturated rings. The molecule has 1 N–H and O–H groups in total. The van der Waals surface area contributed by atoms with Crippen LogP contribution in [0.2, 0.25) is 0 Å². The highest BCUT2D eigenvalue weighted by molar-refractivity contribution is 5.78. The number of nitrogens with one attached hydrogen (secondary N) is 1. The summed E-state index contributed by atoms with van der Waals surface area (Å²) in [5, 5.41) is 14.1. The SMILES string of the molecule is O=C(Cc1ccc(-n2cnnn2)cc1)NCC1CC1c1ccccc1. The first kappa shape index (κ1) is 15.5. The molecule has 0 aliphatic heterocycles. The van der Waals surface area contributed by atoms with E-state index in [4.69, 9.17) is 0 Å². The Hall–Kier alpha value is -3.02. The first-order valence-corrected chi connectivity index (χ1v) is 8.43. The van der Waals surface area contributed by atoms with Crippen molar-refractivity contribution >= 4 is 5.91 Å². The van der Waals surface area contributed by atoms with E-state index in [1.807, 2.05) is 30.3 Å². The van der Waals surface area contributed by atoms with E-state index in [9.17, 15) is 4.79 Å². The lowest BCUT2D eigenvalue weighted by Gasteiger charge is -2.06. The minimum atomic E-state index is 0.0638. The van der Waals surface area contributed by atoms with Crippen LogP contribution in [0.5, 0.6) is 0 Å². The molecule has 2 unspecified atom stereocenters. The molecule has 2 atom stereocenters. The van der Waals surface area contributed by atoms with Gasteiger partial charge < -0.3 is 5.32 Å². The summed E-state index contributed by atoms with van der Waals surface area (Å²) in [6, 6.07) is 18.2. The van der Waals surface area contributed by atoms with E-state index >= 15 is 0 Å². The number of nitrogens with zero attached hydrogens (tertiary/aromatic N) is 4. The Morgan fingerprint density at radius 2 is 1.92 bits per heavy atom. The van der Waals surface area contributed by atoms with E-state index < -0.39 is 0 Å². The summed E-state index contributed by atoms with van der Waals surface area (Å²) in [4.78, 5) is 12.2. The van der Waals surface area contributed by atoms with Gasteiger partial charge in [0.25, 0.3) is 0 Å². The Labute approximate surface area is 145 Å². The third-order valence-electron chi connectivity index (χ3n) is 4.63. The molecule has 6 nitrogen and oxygen atoms in total. The molecule has 1 aliphatic carbocycles. The molecule has 1 saturated carbocycles. The van der Waals surface area contributed by atoms with Crippen molar-refractivity contribution in [2.24, 2.45) is 5.92 Å². The van der Waals surface area contributed by atoms with Crippen molar-refractivity contribution in [3.05, 3.63) is 72.1 Å². The molecular formula is C19H19N5O. The molecule has 4 rings (SSSR count). The summed E-state index contributed by atoms with van der Waals surface area (Å²) >= 11 is 0. The summed E-state index contributed by atoms with van der Waals surface area (Å²) in [5.74, 6) is 1.22. The summed E-state index contributed by atoms with van der Waals surface area (Å²) in [7, 11) is 0. The molecule has 2 aromatic carbocycles. The Morgan fingerprint density at radius 1 is 1.12 bits per heavy atom. The average Bonchev–Trinajstić information content (AvgIpc) is 3.23. The van der Waals surface area contributed by atoms with Crippen molar-refractivity contribution in [1.82, 2.24) is 25.5 Å². The lowest BCUT2D eigenvalue weighted by molar-refractivity contribution is -0.120. The third kappa shape index (κ3) is 3.74. The number of benzene rings is 2. The Morgan fingerprint density at radius 3 is 2.64 bits per heavy atom. The molecule has 0 spiro atoms. The smallest absolute Gasteiger partial charge is 0.224 e. The van der Waals surface area contributed by atoms with E-state index in [2.05, 4.69) is 45.1 Å². The number of hydrogen-bond donors (Lipinski definition) is 1. The molecule has 1 heterocycles. The first-order valence-electron chi connectivity index (χ1n) is 8.43. The maximum absolute atomic E-state index is 12.2. The number of carbonyl (C=O) groups excluding carboxylic acids is 1. The van der Waals surface area contributed by atoms with Crippen LogP contribution in [0.1, 0.15) is 23.5 Å². The third-order valence-corrected chi connectivity index (χ3v) is 4.63. The fraction of sp³-hybridized carbons (Fsp3) is 0.263. The van der Waals surface area contributed by atoms with Gasteiger partial charge in [-0.3, -0.25) is 4.79 Å². The zero-order valence-electron chi connectivity index (χ0n) is 13.7. The van der Waals surface area contributed by atoms with E-state index in [1.165, 1.54) is 5.56 Å². The van der Waals surface area contributed by atoms with Crippen LogP contribution in [-0.2, 0) is 11.2 Å². The molecular weight excluding hydrogens is 314 g/mol. The van der Waals surface area contributed by atoms with Gasteiger partial charge in [0.05, 0.1) is 12.1 Å². The highest BCUT2D eigenvalue weighted by Gasteiger charge is 2.37. The van der Waals surface area contributed by atoms with E-state index in [1.54, 1.807) is 11.0 Å². The number of tetrazole rings is 1. The number of hydrogen-bond acceptors (Lipinski definition) is 4. The maximum atomic E-state index is 12.2. The van der Waals surface area contributed by atoms with Crippen LogP contribution in [0.4, 0.5) is 0 Å². The van der Waals surface area contributed by atoms with Gasteiger partial charge in [-0.25, -0.2) is 4.68 Å². The highest BCUT2D eigenvalue weighted by Crippen LogP contribution is 2.46. The Kier molecular flexibility index (Phi) is 4.24. The fourth-order valence-electron chi connectivity index (χ4n) is 3.12. The van der Waals surface area contributed by atoms with Crippen molar-refractivity contribution in [2.45, 2.75) is 18.8 Å². The standard InChI is InChI=1S/C19H19N5O/c25-19(20-12-16-11-18(16)15-4-2-1-3-5-15)10-14-6-8-17(9-7-14)24-13-21-22-23-24/h1-9,13,16,18H,10-12H2,(H,20,25). The van der Waals surface area contributed by atoms with E-state index in [0.29, 0.717) is 18.3 Å². The average molecular weight is 333 g/mol. The van der Waals surface area contributed by atoms with E-state index in [0.717, 1.165) is 24.2 Å². The quantitative estimate of drug-likeness (QED) is 0.750. The zero-order chi connectivity index (χ0) is 17.1. The van der Waals surface area contributed by atoms with Crippen molar-refractivity contribution < 1.29 is 4.79 Å². The molecule has 1 amide bonds. The van der Waals surface area contributed by atoms with Gasteiger partial charge in [0, 0.05) is 6.54 Å². The van der Waals surface area contributed by atoms with Gasteiger partial charge in [0.1, 0.15) is 6.33 Å². The molecule has 0 radical (unpaired) electrons. The summed E-state index contributed by atoms with van der Waals surface area (Å²) in [5.41, 5.74) is 3.22. The minimum absolute atomic E-state index is 0.0638. The number of amides is 1. The van der Waals surface area contributed by atoms with Crippen LogP contribution < -0.4 is 5.32 Å². The minimum Gasteiger partial charge on any atom is -0.356 e. The van der Waals surface area contributed by atoms with Gasteiger partial charge in [-0.1, -0.05) is 42.5 Å². The van der Waals surface area contributed by atoms with Crippen LogP contribution in [0.15, 0.2) is 60.9 Å². The topological polar surface area (TPSA) is 72.7 Å². The zero-order valence-corrected chi connectivity index (χ0v) is 13.7. The van der Waals surface area contributed by atoms with Gasteiger partial charge in [-0.2, -0.15) is 0 Å². The van der Waals surface area contributed by atoms with Gasteiger partial charge in [0.15, 0.2) is 0 Å². The molecule has 25 heavy (non-hydrogen) atoms. The largest absolute Gasteiger partial charge is 0.356 e. The molecule has 0 bridgehead atoms. The summed E-state index contributed by atoms with van der Waals surface area (Å²) in [6.45, 7) is 0.751. The van der Waals surface area contributed by atoms with Crippen LogP contribution in [0.25, 0.3) is 5.69 Å². The van der Waals surface area contributed by atoms with Crippen molar-refractivity contribution in [1.29, 1.82) is 0 Å². The van der Waals surface area contributed by atoms with Crippen molar-refractivity contribution in [3.8, 4) is 5.69 Å². The second kappa shape index (κ2) is 6.84. The van der Waals surface area contributed by atoms with Crippen LogP contribution in [-0.4, -0.2) is 32.7 Å². The van der Waals surface area contributed by atoms with Crippen molar-refractivity contribution in [2.75, 3.05) is 6.54 Å². The Bertz CT molecular complexity index is 830. The van der Waals surface area contributed by atoms with Crippen LogP contribution in [0, 0.1) is 5.92 Å². The molecule has 1 aliphatic rings. The second-order valence-electron chi connectivity index (χ2n) is 6.41. The van der Waals surface area contributed by atoms with Gasteiger partial charge in [-0.15, -0.1) is 5.10 Å². The Balaban J connectivity index is 1.26. The van der Waals surface area contributed by atoms with Crippen LogP contribution >= 0.6 is 0 Å². The number of carbonyl (C=O) groups is 1. The first-order chi connectivity index (χ1) is 12.3. The molecule has 126 valence electrons. The number of aromatic nitrogens is 4. The molecule has 6 heteroatoms. The van der Waals surface area contributed by atoms with Gasteiger partial charge in [-0.05, 0) is 51.9 Å². The molecule has 0 saturated heterocycles. The fourth-order valence-corrected chi connectivity index (χ4v) is 3.12. The van der Waals surface area contributed by atoms with Gasteiger partial charge >= 0.3 is 0 Å². The summed E-state index contributed by atoms with van der Waals surface area (Å²) < 4.78 is 1.58. The second-order valence-corrected chi connectivity index (χ2v) is 6.41. The maximum Gasteiger partial charge on any atom is 0.224 e. The predicted octanol–water partition coefficient (Wildman–Crippen LogP) is 2.12. The van der Waals surface area contributed by atoms with Crippen molar-refractivity contribution in [3.63, 3.8) is 0 Å². The molecule has 3 aromatic rings. The lowest BCUT2D eigenvalue weighted by atomic mass is 10.1. The lowest BCUT2D eigenvalue weighted by Crippen LogP contribution is -2.27. The highest BCUT2D eigenvalue weighted by atomic mass is 16.1. The summed E-state index contributed by atoms with van der Waals surface area (Å²) in [6.07, 6.45) is 3.09. The monoisotopic (exact) mass is 333 g/mol. The van der Waals surface area contributed by atoms with Crippen LogP contribution in [0.3, 0.4) is 0 Å². The molecule has 1 aromatic heterocycles. The normalized spacial score (nSPS) is 18.7. The van der Waals surface area contributed by atoms with Gasteiger partial charge in [0.2, 0.25) is 5.91 Å². The number of rotatable bonds is 6. The predicted molar refractivity (Wildman–Crippen MR) is 93.2 cm³/mol.